The molecule has 0 heterocycles. The molecular formula is C24H26O6. The van der Waals surface area contributed by atoms with Crippen LogP contribution in [-0.4, -0.2) is 24.7 Å². The third-order valence-electron chi connectivity index (χ3n) is 3.42. The fraction of sp³-hybridized carbons (Fsp3) is 0.167. The number of aliphatic carboxylic acids is 1. The van der Waals surface area contributed by atoms with Gasteiger partial charge in [0.25, 0.3) is 12.4 Å². The van der Waals surface area contributed by atoms with Crippen molar-refractivity contribution >= 4 is 12.4 Å². The molecule has 0 unspecified atom stereocenters. The summed E-state index contributed by atoms with van der Waals surface area (Å²) in [4.78, 5) is 18.0. The molecule has 3 aromatic rings. The Morgan fingerprint density at radius 1 is 0.767 bits per heavy atom. The topological polar surface area (TPSA) is 82.1 Å². The van der Waals surface area contributed by atoms with E-state index in [-0.39, 0.29) is 0 Å². The number of carbonyl (C=O) groups excluding carboxylic acids is 1. The molecular weight excluding hydrogens is 384 g/mol. The quantitative estimate of drug-likeness (QED) is 0.538. The minimum atomic E-state index is -0.833. The Morgan fingerprint density at radius 3 is 1.40 bits per heavy atom. The SMILES string of the molecule is CC(=O)O.COC=O.Cc1ccc(Oc2cccc(Oc3ccc(C)cc3)c2)cc1. The van der Waals surface area contributed by atoms with Crippen molar-refractivity contribution in [2.24, 2.45) is 0 Å². The molecule has 3 rings (SSSR count). The second-order valence-corrected chi connectivity index (χ2v) is 6.16. The first-order valence-electron chi connectivity index (χ1n) is 9.09. The van der Waals surface area contributed by atoms with Gasteiger partial charge in [0, 0.05) is 13.0 Å². The molecule has 0 radical (unpaired) electrons. The van der Waals surface area contributed by atoms with Gasteiger partial charge in [-0.05, 0) is 50.2 Å². The molecule has 1 N–H and O–H groups in total. The fourth-order valence-corrected chi connectivity index (χ4v) is 2.09. The molecule has 0 fully saturated rings. The van der Waals surface area contributed by atoms with Crippen molar-refractivity contribution in [3.63, 3.8) is 0 Å². The summed E-state index contributed by atoms with van der Waals surface area (Å²) in [5.74, 6) is 2.32. The van der Waals surface area contributed by atoms with Gasteiger partial charge in [0.15, 0.2) is 0 Å². The smallest absolute Gasteiger partial charge is 0.300 e. The zero-order valence-electron chi connectivity index (χ0n) is 17.5. The van der Waals surface area contributed by atoms with Crippen LogP contribution in [0.2, 0.25) is 0 Å². The number of carboxylic acid groups (broad SMARTS) is 1. The Hall–Kier alpha value is -3.80. The van der Waals surface area contributed by atoms with Crippen molar-refractivity contribution < 1.29 is 28.9 Å². The first kappa shape index (κ1) is 24.2. The van der Waals surface area contributed by atoms with E-state index >= 15 is 0 Å². The molecule has 0 saturated carbocycles. The number of rotatable bonds is 5. The lowest BCUT2D eigenvalue weighted by Gasteiger charge is -2.09. The van der Waals surface area contributed by atoms with E-state index in [2.05, 4.69) is 18.6 Å². The Bertz CT molecular complexity index is 835. The van der Waals surface area contributed by atoms with Gasteiger partial charge in [0.05, 0.1) is 7.11 Å². The van der Waals surface area contributed by atoms with Crippen molar-refractivity contribution in [3.05, 3.63) is 83.9 Å². The molecule has 30 heavy (non-hydrogen) atoms. The van der Waals surface area contributed by atoms with Crippen LogP contribution < -0.4 is 9.47 Å². The number of aryl methyl sites for hydroxylation is 2. The molecule has 0 aliphatic heterocycles. The van der Waals surface area contributed by atoms with Gasteiger partial charge in [-0.3, -0.25) is 9.59 Å². The summed E-state index contributed by atoms with van der Waals surface area (Å²) >= 11 is 0. The molecule has 3 aromatic carbocycles. The van der Waals surface area contributed by atoms with E-state index in [1.54, 1.807) is 0 Å². The number of ether oxygens (including phenoxy) is 3. The lowest BCUT2D eigenvalue weighted by atomic mass is 10.2. The predicted octanol–water partition coefficient (Wildman–Crippen LogP) is 5.77. The highest BCUT2D eigenvalue weighted by Crippen LogP contribution is 2.28. The van der Waals surface area contributed by atoms with Gasteiger partial charge in [0.1, 0.15) is 23.0 Å². The summed E-state index contributed by atoms with van der Waals surface area (Å²) in [5, 5.41) is 7.42. The third-order valence-corrected chi connectivity index (χ3v) is 3.42. The van der Waals surface area contributed by atoms with Gasteiger partial charge in [-0.25, -0.2) is 0 Å². The molecule has 0 aromatic heterocycles. The van der Waals surface area contributed by atoms with E-state index in [1.807, 2.05) is 72.8 Å². The van der Waals surface area contributed by atoms with Gasteiger partial charge in [-0.1, -0.05) is 41.5 Å². The molecule has 6 nitrogen and oxygen atoms in total. The van der Waals surface area contributed by atoms with Crippen LogP contribution in [0.1, 0.15) is 18.1 Å². The second kappa shape index (κ2) is 13.4. The van der Waals surface area contributed by atoms with E-state index in [4.69, 9.17) is 24.2 Å². The molecule has 6 heteroatoms. The molecule has 0 aliphatic carbocycles. The third kappa shape index (κ3) is 10.5. The summed E-state index contributed by atoms with van der Waals surface area (Å²) in [6, 6.07) is 23.6. The van der Waals surface area contributed by atoms with Crippen LogP contribution in [0.5, 0.6) is 23.0 Å². The zero-order chi connectivity index (χ0) is 22.4. The zero-order valence-corrected chi connectivity index (χ0v) is 17.5. The van der Waals surface area contributed by atoms with Crippen LogP contribution in [0.3, 0.4) is 0 Å². The maximum Gasteiger partial charge on any atom is 0.300 e. The van der Waals surface area contributed by atoms with Gasteiger partial charge in [0.2, 0.25) is 0 Å². The van der Waals surface area contributed by atoms with Gasteiger partial charge < -0.3 is 19.3 Å². The highest BCUT2D eigenvalue weighted by atomic mass is 16.5. The standard InChI is InChI=1S/C20H18O2.2C2H4O2/c1-15-6-10-17(11-7-15)21-19-4-3-5-20(14-19)22-18-12-8-16(2)9-13-18;1-4-2-3;1-2(3)4/h3-14H,1-2H3;2H,1H3;1H3,(H,3,4). The van der Waals surface area contributed by atoms with Crippen LogP contribution in [-0.2, 0) is 14.3 Å². The number of carbonyl (C=O) groups is 2. The maximum absolute atomic E-state index is 9.00. The van der Waals surface area contributed by atoms with E-state index < -0.39 is 5.97 Å². The minimum absolute atomic E-state index is 0.375. The highest BCUT2D eigenvalue weighted by molar-refractivity contribution is 5.62. The minimum Gasteiger partial charge on any atom is -0.481 e. The maximum atomic E-state index is 9.00. The number of hydrogen-bond acceptors (Lipinski definition) is 5. The highest BCUT2D eigenvalue weighted by Gasteiger charge is 2.01. The Kier molecular flexibility index (Phi) is 10.8. The number of benzene rings is 3. The molecule has 0 bridgehead atoms. The summed E-state index contributed by atoms with van der Waals surface area (Å²) in [6.07, 6.45) is 0. The lowest BCUT2D eigenvalue weighted by molar-refractivity contribution is -0.134. The number of methoxy groups -OCH3 is 1. The van der Waals surface area contributed by atoms with Crippen molar-refractivity contribution in [1.29, 1.82) is 0 Å². The Morgan fingerprint density at radius 2 is 1.10 bits per heavy atom. The molecule has 0 aliphatic rings. The van der Waals surface area contributed by atoms with Gasteiger partial charge in [-0.15, -0.1) is 0 Å². The Balaban J connectivity index is 0.000000485. The molecule has 0 atom stereocenters. The van der Waals surface area contributed by atoms with E-state index in [0.717, 1.165) is 29.9 Å². The average molecular weight is 410 g/mol. The van der Waals surface area contributed by atoms with Gasteiger partial charge >= 0.3 is 0 Å². The molecule has 0 amide bonds. The van der Waals surface area contributed by atoms with Crippen molar-refractivity contribution in [1.82, 2.24) is 0 Å². The summed E-state index contributed by atoms with van der Waals surface area (Å²) in [7, 11) is 1.31. The van der Waals surface area contributed by atoms with E-state index in [0.29, 0.717) is 6.47 Å². The van der Waals surface area contributed by atoms with Crippen molar-refractivity contribution in [2.45, 2.75) is 20.8 Å². The summed E-state index contributed by atoms with van der Waals surface area (Å²) in [6.45, 7) is 5.57. The normalized spacial score (nSPS) is 9.07. The largest absolute Gasteiger partial charge is 0.481 e. The summed E-state index contributed by atoms with van der Waals surface area (Å²) in [5.41, 5.74) is 2.42. The van der Waals surface area contributed by atoms with Crippen LogP contribution >= 0.6 is 0 Å². The first-order chi connectivity index (χ1) is 14.3. The monoisotopic (exact) mass is 410 g/mol. The Labute approximate surface area is 176 Å². The lowest BCUT2D eigenvalue weighted by Crippen LogP contribution is -1.87. The molecule has 0 spiro atoms. The molecule has 158 valence electrons. The first-order valence-corrected chi connectivity index (χ1v) is 9.09. The van der Waals surface area contributed by atoms with Crippen molar-refractivity contribution in [2.75, 3.05) is 7.11 Å². The fourth-order valence-electron chi connectivity index (χ4n) is 2.09. The van der Waals surface area contributed by atoms with Crippen LogP contribution in [0.25, 0.3) is 0 Å². The van der Waals surface area contributed by atoms with E-state index in [9.17, 15) is 0 Å². The number of carboxylic acids is 1. The van der Waals surface area contributed by atoms with E-state index in [1.165, 1.54) is 18.2 Å². The average Bonchev–Trinajstić information content (AvgIpc) is 2.72. The van der Waals surface area contributed by atoms with Crippen molar-refractivity contribution in [3.8, 4) is 23.0 Å². The summed E-state index contributed by atoms with van der Waals surface area (Å²) < 4.78 is 15.6. The number of hydrogen-bond donors (Lipinski definition) is 1. The molecule has 0 saturated heterocycles. The predicted molar refractivity (Wildman–Crippen MR) is 115 cm³/mol. The second-order valence-electron chi connectivity index (χ2n) is 6.16. The van der Waals surface area contributed by atoms with Crippen LogP contribution in [0.4, 0.5) is 0 Å². The van der Waals surface area contributed by atoms with Crippen LogP contribution in [0, 0.1) is 13.8 Å². The van der Waals surface area contributed by atoms with Crippen LogP contribution in [0.15, 0.2) is 72.8 Å². The van der Waals surface area contributed by atoms with Gasteiger partial charge in [-0.2, -0.15) is 0 Å².